The van der Waals surface area contributed by atoms with Gasteiger partial charge in [-0.3, -0.25) is 4.79 Å². The van der Waals surface area contributed by atoms with E-state index in [0.29, 0.717) is 5.75 Å². The standard InChI is InChI=1S/C10H11N3OS2/c1-7-3-4-9(16-7)8(14)5-15-10-12-11-6-13(10)2/h3-4,6H,5H2,1-2H3. The van der Waals surface area contributed by atoms with Crippen LogP contribution in [0.4, 0.5) is 0 Å². The summed E-state index contributed by atoms with van der Waals surface area (Å²) in [5.41, 5.74) is 0. The van der Waals surface area contributed by atoms with Crippen LogP contribution in [0.2, 0.25) is 0 Å². The first-order chi connectivity index (χ1) is 7.66. The Bertz CT molecular complexity index is 504. The fraction of sp³-hybridized carbons (Fsp3) is 0.300. The molecule has 0 saturated carbocycles. The Morgan fingerprint density at radius 2 is 2.38 bits per heavy atom. The molecule has 0 unspecified atom stereocenters. The van der Waals surface area contributed by atoms with Crippen molar-refractivity contribution >= 4 is 28.9 Å². The molecule has 0 aliphatic rings. The minimum atomic E-state index is 0.145. The largest absolute Gasteiger partial charge is 0.312 e. The van der Waals surface area contributed by atoms with Gasteiger partial charge in [0.1, 0.15) is 6.33 Å². The van der Waals surface area contributed by atoms with Crippen LogP contribution in [0, 0.1) is 6.92 Å². The molecule has 6 heteroatoms. The van der Waals surface area contributed by atoms with Gasteiger partial charge in [-0.25, -0.2) is 0 Å². The van der Waals surface area contributed by atoms with Crippen LogP contribution in [0.15, 0.2) is 23.6 Å². The zero-order valence-electron chi connectivity index (χ0n) is 9.01. The maximum absolute atomic E-state index is 11.8. The van der Waals surface area contributed by atoms with Crippen molar-refractivity contribution in [2.24, 2.45) is 7.05 Å². The summed E-state index contributed by atoms with van der Waals surface area (Å²) in [7, 11) is 1.86. The zero-order chi connectivity index (χ0) is 11.5. The van der Waals surface area contributed by atoms with E-state index in [1.807, 2.05) is 26.1 Å². The molecule has 0 aliphatic carbocycles. The Morgan fingerprint density at radius 3 is 2.94 bits per heavy atom. The van der Waals surface area contributed by atoms with Crippen molar-refractivity contribution < 1.29 is 4.79 Å². The highest BCUT2D eigenvalue weighted by atomic mass is 32.2. The van der Waals surface area contributed by atoms with Crippen molar-refractivity contribution in [1.29, 1.82) is 0 Å². The number of carbonyl (C=O) groups is 1. The first kappa shape index (κ1) is 11.3. The first-order valence-corrected chi connectivity index (χ1v) is 6.53. The van der Waals surface area contributed by atoms with E-state index in [2.05, 4.69) is 10.2 Å². The van der Waals surface area contributed by atoms with Gasteiger partial charge < -0.3 is 4.57 Å². The maximum Gasteiger partial charge on any atom is 0.191 e. The lowest BCUT2D eigenvalue weighted by atomic mass is 10.3. The minimum Gasteiger partial charge on any atom is -0.312 e. The third kappa shape index (κ3) is 2.51. The highest BCUT2D eigenvalue weighted by molar-refractivity contribution is 7.99. The molecule has 2 heterocycles. The van der Waals surface area contributed by atoms with Crippen molar-refractivity contribution in [2.75, 3.05) is 5.75 Å². The third-order valence-electron chi connectivity index (χ3n) is 2.02. The molecule has 4 nitrogen and oxygen atoms in total. The number of thioether (sulfide) groups is 1. The third-order valence-corrected chi connectivity index (χ3v) is 4.09. The molecular formula is C10H11N3OS2. The number of nitrogens with zero attached hydrogens (tertiary/aromatic N) is 3. The van der Waals surface area contributed by atoms with Crippen LogP contribution in [-0.2, 0) is 7.05 Å². The van der Waals surface area contributed by atoms with E-state index in [1.165, 1.54) is 23.1 Å². The van der Waals surface area contributed by atoms with E-state index in [9.17, 15) is 4.79 Å². The maximum atomic E-state index is 11.8. The Morgan fingerprint density at radius 1 is 1.56 bits per heavy atom. The second-order valence-electron chi connectivity index (χ2n) is 3.35. The molecule has 0 bridgehead atoms. The fourth-order valence-corrected chi connectivity index (χ4v) is 2.86. The van der Waals surface area contributed by atoms with Crippen molar-refractivity contribution in [3.8, 4) is 0 Å². The average molecular weight is 253 g/mol. The number of ketones is 1. The Balaban J connectivity index is 1.96. The summed E-state index contributed by atoms with van der Waals surface area (Å²) in [4.78, 5) is 13.8. The highest BCUT2D eigenvalue weighted by Gasteiger charge is 2.10. The van der Waals surface area contributed by atoms with E-state index in [1.54, 1.807) is 10.9 Å². The summed E-state index contributed by atoms with van der Waals surface area (Å²) in [6.07, 6.45) is 1.63. The highest BCUT2D eigenvalue weighted by Crippen LogP contribution is 2.20. The van der Waals surface area contributed by atoms with Gasteiger partial charge in [0.15, 0.2) is 10.9 Å². The number of Topliss-reactive ketones (excluding diaryl/α,β-unsaturated/α-hetero) is 1. The molecule has 84 valence electrons. The van der Waals surface area contributed by atoms with Gasteiger partial charge in [0, 0.05) is 11.9 Å². The van der Waals surface area contributed by atoms with Gasteiger partial charge >= 0.3 is 0 Å². The van der Waals surface area contributed by atoms with Crippen LogP contribution in [0.25, 0.3) is 0 Å². The van der Waals surface area contributed by atoms with E-state index in [0.717, 1.165) is 14.9 Å². The average Bonchev–Trinajstić information content (AvgIpc) is 2.84. The molecule has 0 radical (unpaired) electrons. The summed E-state index contributed by atoms with van der Waals surface area (Å²) >= 11 is 2.94. The number of hydrogen-bond donors (Lipinski definition) is 0. The number of aryl methyl sites for hydroxylation is 2. The lowest BCUT2D eigenvalue weighted by Crippen LogP contribution is -2.01. The lowest BCUT2D eigenvalue weighted by Gasteiger charge is -1.98. The number of rotatable bonds is 4. The molecule has 0 aliphatic heterocycles. The topological polar surface area (TPSA) is 47.8 Å². The van der Waals surface area contributed by atoms with Crippen LogP contribution in [-0.4, -0.2) is 26.3 Å². The van der Waals surface area contributed by atoms with Gasteiger partial charge in [0.2, 0.25) is 0 Å². The summed E-state index contributed by atoms with van der Waals surface area (Å²) < 4.78 is 1.80. The minimum absolute atomic E-state index is 0.145. The monoisotopic (exact) mass is 253 g/mol. The van der Waals surface area contributed by atoms with E-state index >= 15 is 0 Å². The van der Waals surface area contributed by atoms with Crippen molar-refractivity contribution in [3.63, 3.8) is 0 Å². The molecule has 0 spiro atoms. The molecule has 2 aromatic rings. The molecule has 0 aromatic carbocycles. The Labute approximate surface area is 102 Å². The van der Waals surface area contributed by atoms with Gasteiger partial charge in [0.05, 0.1) is 10.6 Å². The molecule has 0 fully saturated rings. The second-order valence-corrected chi connectivity index (χ2v) is 5.58. The predicted molar refractivity (Wildman–Crippen MR) is 65.1 cm³/mol. The van der Waals surface area contributed by atoms with Crippen LogP contribution >= 0.6 is 23.1 Å². The van der Waals surface area contributed by atoms with Crippen molar-refractivity contribution in [1.82, 2.24) is 14.8 Å². The molecule has 0 atom stereocenters. The van der Waals surface area contributed by atoms with Crippen LogP contribution in [0.3, 0.4) is 0 Å². The first-order valence-electron chi connectivity index (χ1n) is 4.73. The van der Waals surface area contributed by atoms with Crippen LogP contribution in [0.5, 0.6) is 0 Å². The molecule has 16 heavy (non-hydrogen) atoms. The normalized spacial score (nSPS) is 10.6. The van der Waals surface area contributed by atoms with Gasteiger partial charge in [-0.2, -0.15) is 0 Å². The molecular weight excluding hydrogens is 242 g/mol. The fourth-order valence-electron chi connectivity index (χ4n) is 1.19. The quantitative estimate of drug-likeness (QED) is 0.619. The van der Waals surface area contributed by atoms with E-state index in [4.69, 9.17) is 0 Å². The van der Waals surface area contributed by atoms with Gasteiger partial charge in [-0.1, -0.05) is 11.8 Å². The Kier molecular flexibility index (Phi) is 3.40. The van der Waals surface area contributed by atoms with Gasteiger partial charge in [0.25, 0.3) is 0 Å². The van der Waals surface area contributed by atoms with Gasteiger partial charge in [-0.05, 0) is 19.1 Å². The molecule has 2 rings (SSSR count). The number of thiophene rings is 1. The lowest BCUT2D eigenvalue weighted by molar-refractivity contribution is 0.102. The van der Waals surface area contributed by atoms with Crippen molar-refractivity contribution in [2.45, 2.75) is 12.1 Å². The van der Waals surface area contributed by atoms with E-state index < -0.39 is 0 Å². The number of hydrogen-bond acceptors (Lipinski definition) is 5. The zero-order valence-corrected chi connectivity index (χ0v) is 10.6. The summed E-state index contributed by atoms with van der Waals surface area (Å²) in [6.45, 7) is 2.00. The van der Waals surface area contributed by atoms with E-state index in [-0.39, 0.29) is 5.78 Å². The number of aromatic nitrogens is 3. The summed E-state index contributed by atoms with van der Waals surface area (Å²) in [6, 6.07) is 3.84. The van der Waals surface area contributed by atoms with Gasteiger partial charge in [-0.15, -0.1) is 21.5 Å². The Hall–Kier alpha value is -1.14. The van der Waals surface area contributed by atoms with Crippen LogP contribution in [0.1, 0.15) is 14.5 Å². The van der Waals surface area contributed by atoms with Crippen LogP contribution < -0.4 is 0 Å². The summed E-state index contributed by atoms with van der Waals surface area (Å²) in [5, 5.41) is 8.44. The van der Waals surface area contributed by atoms with Crippen molar-refractivity contribution in [3.05, 3.63) is 28.2 Å². The number of carbonyl (C=O) groups excluding carboxylic acids is 1. The summed E-state index contributed by atoms with van der Waals surface area (Å²) in [5.74, 6) is 0.554. The molecule has 2 aromatic heterocycles. The SMILES string of the molecule is Cc1ccc(C(=O)CSc2nncn2C)s1. The molecule has 0 amide bonds. The molecule has 0 N–H and O–H groups in total. The second kappa shape index (κ2) is 4.80. The molecule has 0 saturated heterocycles. The smallest absolute Gasteiger partial charge is 0.191 e. The predicted octanol–water partition coefficient (Wildman–Crippen LogP) is 2.16.